The van der Waals surface area contributed by atoms with E-state index in [1.54, 1.807) is 11.6 Å². The number of hydrogen-bond acceptors (Lipinski definition) is 4. The molecule has 3 aromatic rings. The van der Waals surface area contributed by atoms with Crippen LogP contribution in [0.15, 0.2) is 60.7 Å². The molecule has 0 saturated heterocycles. The number of nitrogens with one attached hydrogen (secondary N) is 1. The van der Waals surface area contributed by atoms with Crippen molar-refractivity contribution in [3.8, 4) is 5.69 Å². The molecule has 1 heterocycles. The van der Waals surface area contributed by atoms with Crippen molar-refractivity contribution < 1.29 is 10.0 Å². The first kappa shape index (κ1) is 23.4. The maximum atomic E-state index is 11.1. The Balaban J connectivity index is 1.66. The molecule has 0 aliphatic heterocycles. The smallest absolute Gasteiger partial charge is 0.267 e. The van der Waals surface area contributed by atoms with E-state index in [0.29, 0.717) is 0 Å². The SMILES string of the molecule is CCCN(CCc1c(C)nn(-c2ccccc2)c1C)Cc1ccc(/C=C/C(=O)NO)cc1. The highest BCUT2D eigenvalue weighted by Crippen LogP contribution is 2.19. The van der Waals surface area contributed by atoms with E-state index in [4.69, 9.17) is 10.3 Å². The summed E-state index contributed by atoms with van der Waals surface area (Å²) in [4.78, 5) is 13.6. The average molecular weight is 433 g/mol. The van der Waals surface area contributed by atoms with Gasteiger partial charge in [0.1, 0.15) is 0 Å². The molecular weight excluding hydrogens is 400 g/mol. The highest BCUT2D eigenvalue weighted by atomic mass is 16.5. The van der Waals surface area contributed by atoms with Gasteiger partial charge < -0.3 is 0 Å². The maximum absolute atomic E-state index is 11.1. The zero-order valence-electron chi connectivity index (χ0n) is 19.1. The third kappa shape index (κ3) is 6.15. The molecule has 0 aliphatic rings. The van der Waals surface area contributed by atoms with E-state index in [1.807, 2.05) is 35.0 Å². The van der Waals surface area contributed by atoms with Crippen LogP contribution in [0.4, 0.5) is 0 Å². The highest BCUT2D eigenvalue weighted by Gasteiger charge is 2.14. The van der Waals surface area contributed by atoms with Crippen molar-refractivity contribution >= 4 is 12.0 Å². The topological polar surface area (TPSA) is 70.4 Å². The molecule has 1 amide bonds. The number of amides is 1. The molecule has 6 nitrogen and oxygen atoms in total. The van der Waals surface area contributed by atoms with Gasteiger partial charge in [0.2, 0.25) is 0 Å². The van der Waals surface area contributed by atoms with Crippen LogP contribution in [0, 0.1) is 13.8 Å². The molecule has 0 unspecified atom stereocenters. The van der Waals surface area contributed by atoms with Gasteiger partial charge in [0.15, 0.2) is 0 Å². The summed E-state index contributed by atoms with van der Waals surface area (Å²) >= 11 is 0. The van der Waals surface area contributed by atoms with Gasteiger partial charge in [-0.05, 0) is 68.1 Å². The minimum absolute atomic E-state index is 0.538. The van der Waals surface area contributed by atoms with E-state index >= 15 is 0 Å². The summed E-state index contributed by atoms with van der Waals surface area (Å²) in [6, 6.07) is 18.4. The number of aromatic nitrogens is 2. The van der Waals surface area contributed by atoms with Crippen LogP contribution in [0.3, 0.4) is 0 Å². The molecule has 2 N–H and O–H groups in total. The minimum Gasteiger partial charge on any atom is -0.299 e. The Morgan fingerprint density at radius 3 is 2.47 bits per heavy atom. The lowest BCUT2D eigenvalue weighted by molar-refractivity contribution is -0.124. The van der Waals surface area contributed by atoms with E-state index in [9.17, 15) is 4.79 Å². The monoisotopic (exact) mass is 432 g/mol. The second-order valence-electron chi connectivity index (χ2n) is 7.97. The number of rotatable bonds is 10. The minimum atomic E-state index is -0.538. The Hall–Kier alpha value is -3.22. The van der Waals surface area contributed by atoms with E-state index in [2.05, 4.69) is 49.9 Å². The Kier molecular flexibility index (Phi) is 8.36. The Morgan fingerprint density at radius 2 is 1.81 bits per heavy atom. The van der Waals surface area contributed by atoms with Crippen molar-refractivity contribution in [3.63, 3.8) is 0 Å². The number of hydroxylamine groups is 1. The van der Waals surface area contributed by atoms with Crippen LogP contribution in [0.5, 0.6) is 0 Å². The quantitative estimate of drug-likeness (QED) is 0.282. The van der Waals surface area contributed by atoms with Crippen LogP contribution in [0.1, 0.15) is 41.4 Å². The molecule has 3 rings (SSSR count). The summed E-state index contributed by atoms with van der Waals surface area (Å²) in [5, 5.41) is 13.4. The van der Waals surface area contributed by atoms with E-state index < -0.39 is 5.91 Å². The van der Waals surface area contributed by atoms with Crippen molar-refractivity contribution in [2.24, 2.45) is 0 Å². The molecule has 0 fully saturated rings. The lowest BCUT2D eigenvalue weighted by atomic mass is 10.1. The van der Waals surface area contributed by atoms with Crippen molar-refractivity contribution in [2.75, 3.05) is 13.1 Å². The van der Waals surface area contributed by atoms with Gasteiger partial charge in [0, 0.05) is 24.9 Å². The fraction of sp³-hybridized carbons (Fsp3) is 0.308. The Bertz CT molecular complexity index is 1040. The first-order valence-corrected chi connectivity index (χ1v) is 11.1. The number of carbonyl (C=O) groups excluding carboxylic acids is 1. The second kappa shape index (κ2) is 11.4. The molecule has 0 saturated carbocycles. The van der Waals surface area contributed by atoms with Gasteiger partial charge in [-0.25, -0.2) is 10.2 Å². The molecule has 2 aromatic carbocycles. The molecule has 0 bridgehead atoms. The first-order chi connectivity index (χ1) is 15.5. The van der Waals surface area contributed by atoms with Gasteiger partial charge in [-0.2, -0.15) is 5.10 Å². The molecule has 0 radical (unpaired) electrons. The van der Waals surface area contributed by atoms with Gasteiger partial charge in [-0.3, -0.25) is 14.9 Å². The average Bonchev–Trinajstić information content (AvgIpc) is 3.10. The summed E-state index contributed by atoms with van der Waals surface area (Å²) in [6.45, 7) is 9.32. The molecule has 0 atom stereocenters. The normalized spacial score (nSPS) is 11.4. The van der Waals surface area contributed by atoms with E-state index in [1.165, 1.54) is 22.9 Å². The van der Waals surface area contributed by atoms with E-state index in [-0.39, 0.29) is 0 Å². The molecule has 168 valence electrons. The number of nitrogens with zero attached hydrogens (tertiary/aromatic N) is 3. The van der Waals surface area contributed by atoms with E-state index in [0.717, 1.165) is 49.4 Å². The molecule has 32 heavy (non-hydrogen) atoms. The predicted octanol–water partition coefficient (Wildman–Crippen LogP) is 4.46. The van der Waals surface area contributed by atoms with Crippen molar-refractivity contribution in [3.05, 3.63) is 88.8 Å². The van der Waals surface area contributed by atoms with Crippen molar-refractivity contribution in [1.29, 1.82) is 0 Å². The number of aryl methyl sites for hydroxylation is 1. The largest absolute Gasteiger partial charge is 0.299 e. The second-order valence-corrected chi connectivity index (χ2v) is 7.97. The van der Waals surface area contributed by atoms with Crippen LogP contribution in [0.2, 0.25) is 0 Å². The third-order valence-electron chi connectivity index (χ3n) is 5.58. The summed E-state index contributed by atoms with van der Waals surface area (Å²) in [7, 11) is 0. The number of carbonyl (C=O) groups is 1. The summed E-state index contributed by atoms with van der Waals surface area (Å²) in [5.41, 5.74) is 8.44. The third-order valence-corrected chi connectivity index (χ3v) is 5.58. The van der Waals surface area contributed by atoms with Crippen LogP contribution in [-0.4, -0.2) is 38.9 Å². The van der Waals surface area contributed by atoms with Gasteiger partial charge in [-0.15, -0.1) is 0 Å². The molecule has 1 aromatic heterocycles. The fourth-order valence-electron chi connectivity index (χ4n) is 3.91. The first-order valence-electron chi connectivity index (χ1n) is 11.1. The molecular formula is C26H32N4O2. The summed E-state index contributed by atoms with van der Waals surface area (Å²) < 4.78 is 2.04. The molecule has 0 aliphatic carbocycles. The maximum Gasteiger partial charge on any atom is 0.267 e. The number of para-hydroxylation sites is 1. The van der Waals surface area contributed by atoms with Crippen LogP contribution < -0.4 is 5.48 Å². The Morgan fingerprint density at radius 1 is 1.09 bits per heavy atom. The zero-order chi connectivity index (χ0) is 22.9. The van der Waals surface area contributed by atoms with Crippen molar-refractivity contribution in [2.45, 2.75) is 40.2 Å². The van der Waals surface area contributed by atoms with Gasteiger partial charge in [-0.1, -0.05) is 49.4 Å². The molecule has 0 spiro atoms. The predicted molar refractivity (Wildman–Crippen MR) is 128 cm³/mol. The lowest BCUT2D eigenvalue weighted by Gasteiger charge is -2.22. The number of hydrogen-bond donors (Lipinski definition) is 2. The standard InChI is InChI=1S/C26H32N4O2/c1-4-17-29(19-23-12-10-22(11-13-23)14-15-26(31)28-32)18-16-25-20(2)27-30(21(25)3)24-8-6-5-7-9-24/h5-15,32H,4,16-19H2,1-3H3,(H,28,31)/b15-14+. The van der Waals surface area contributed by atoms with Crippen molar-refractivity contribution in [1.82, 2.24) is 20.2 Å². The van der Waals surface area contributed by atoms with Crippen LogP contribution >= 0.6 is 0 Å². The Labute approximate surface area is 190 Å². The van der Waals surface area contributed by atoms with Gasteiger partial charge >= 0.3 is 0 Å². The zero-order valence-corrected chi connectivity index (χ0v) is 19.1. The van der Waals surface area contributed by atoms with Gasteiger partial charge in [0.05, 0.1) is 11.4 Å². The lowest BCUT2D eigenvalue weighted by Crippen LogP contribution is -2.26. The summed E-state index contributed by atoms with van der Waals surface area (Å²) in [6.07, 6.45) is 5.04. The van der Waals surface area contributed by atoms with Crippen LogP contribution in [0.25, 0.3) is 11.8 Å². The molecule has 6 heteroatoms. The number of benzene rings is 2. The van der Waals surface area contributed by atoms with Crippen LogP contribution in [-0.2, 0) is 17.8 Å². The fourth-order valence-corrected chi connectivity index (χ4v) is 3.91. The summed E-state index contributed by atoms with van der Waals surface area (Å²) in [5.74, 6) is -0.538. The van der Waals surface area contributed by atoms with Gasteiger partial charge in [0.25, 0.3) is 5.91 Å². The highest BCUT2D eigenvalue weighted by molar-refractivity contribution is 5.90.